The number of fused-ring (bicyclic) bond motifs is 7. The molecule has 0 heterocycles. The number of hydrogen-bond donors (Lipinski definition) is 1. The van der Waals surface area contributed by atoms with Gasteiger partial charge in [-0.1, -0.05) is 101 Å². The van der Waals surface area contributed by atoms with E-state index in [1.54, 1.807) is 0 Å². The van der Waals surface area contributed by atoms with Gasteiger partial charge >= 0.3 is 5.97 Å². The van der Waals surface area contributed by atoms with E-state index < -0.39 is 7.26 Å². The summed E-state index contributed by atoms with van der Waals surface area (Å²) in [6, 6.07) is 33.3. The molecule has 3 aromatic carbocycles. The number of benzene rings is 3. The Kier molecular flexibility index (Phi) is 11.1. The average Bonchev–Trinajstić information content (AvgIpc) is 3.60. The number of aliphatic hydroxyl groups is 1. The molecule has 3 aromatic rings. The third-order valence-corrected chi connectivity index (χ3v) is 23.0. The second kappa shape index (κ2) is 15.4. The number of carbonyl (C=O) groups is 1. The standard InChI is InChI=1S/C53H72O3P/c1-38(2)42-28-33-53(35-34-51(6)43(48(42)53)26-27-45-50(5)31-30-46(54)49(3,4)44(50)29-32-52(45,51)7)37-56-47(55)25-17-18-36-57(39-19-11-8-12-20-39,40-21-13-9-14-22-40)41-23-15-10-16-24-41/h8-16,19-24,42-46,48,54H,1,17-18,25-37H2,2-7H3/q+1/t42-,43+,44-,45+,46-,48+,50-,51+,52+,53+/m0/s1. The Morgan fingerprint density at radius 2 is 1.30 bits per heavy atom. The topological polar surface area (TPSA) is 46.5 Å². The molecule has 306 valence electrons. The van der Waals surface area contributed by atoms with Gasteiger partial charge in [-0.05, 0) is 172 Å². The molecule has 0 amide bonds. The lowest BCUT2D eigenvalue weighted by atomic mass is 9.32. The smallest absolute Gasteiger partial charge is 0.305 e. The van der Waals surface area contributed by atoms with Gasteiger partial charge in [-0.15, -0.1) is 0 Å². The first-order valence-corrected chi connectivity index (χ1v) is 24.7. The van der Waals surface area contributed by atoms with Crippen molar-refractivity contribution in [3.05, 3.63) is 103 Å². The molecule has 0 spiro atoms. The number of unbranched alkanes of at least 4 members (excludes halogenated alkanes) is 1. The van der Waals surface area contributed by atoms with Crippen LogP contribution in [0.4, 0.5) is 0 Å². The van der Waals surface area contributed by atoms with Crippen LogP contribution < -0.4 is 15.9 Å². The van der Waals surface area contributed by atoms with Crippen LogP contribution in [0.5, 0.6) is 0 Å². The van der Waals surface area contributed by atoms with E-state index in [4.69, 9.17) is 4.74 Å². The Balaban J connectivity index is 0.974. The van der Waals surface area contributed by atoms with Gasteiger partial charge in [0.2, 0.25) is 0 Å². The highest BCUT2D eigenvalue weighted by atomic mass is 31.2. The molecular weight excluding hydrogens is 716 g/mol. The van der Waals surface area contributed by atoms with E-state index in [1.165, 1.54) is 60.0 Å². The number of ether oxygens (including phenoxy) is 1. The van der Waals surface area contributed by atoms with Crippen molar-refractivity contribution >= 4 is 29.1 Å². The molecule has 5 fully saturated rings. The van der Waals surface area contributed by atoms with Crippen LogP contribution in [0.1, 0.15) is 125 Å². The van der Waals surface area contributed by atoms with Crippen LogP contribution in [-0.4, -0.2) is 29.9 Å². The van der Waals surface area contributed by atoms with Gasteiger partial charge in [-0.25, -0.2) is 0 Å². The monoisotopic (exact) mass is 788 g/mol. The number of aliphatic hydroxyl groups excluding tert-OH is 1. The van der Waals surface area contributed by atoms with E-state index in [0.29, 0.717) is 42.6 Å². The Labute approximate surface area is 346 Å². The summed E-state index contributed by atoms with van der Waals surface area (Å²) in [5.41, 5.74) is 2.19. The molecule has 0 aliphatic heterocycles. The zero-order chi connectivity index (χ0) is 40.3. The van der Waals surface area contributed by atoms with E-state index in [1.807, 2.05) is 0 Å². The summed E-state index contributed by atoms with van der Waals surface area (Å²) in [4.78, 5) is 13.8. The van der Waals surface area contributed by atoms with Gasteiger partial charge in [-0.2, -0.15) is 0 Å². The maximum absolute atomic E-state index is 13.8. The van der Waals surface area contributed by atoms with Gasteiger partial charge in [0.15, 0.2) is 0 Å². The summed E-state index contributed by atoms with van der Waals surface area (Å²) in [7, 11) is -1.91. The number of hydrogen-bond acceptors (Lipinski definition) is 3. The maximum Gasteiger partial charge on any atom is 0.305 e. The van der Waals surface area contributed by atoms with Crippen molar-refractivity contribution in [1.29, 1.82) is 0 Å². The van der Waals surface area contributed by atoms with Gasteiger partial charge in [0, 0.05) is 11.8 Å². The molecule has 8 rings (SSSR count). The molecule has 1 N–H and O–H groups in total. The summed E-state index contributed by atoms with van der Waals surface area (Å²) in [6.45, 7) is 20.2. The first-order chi connectivity index (χ1) is 27.2. The van der Waals surface area contributed by atoms with Gasteiger partial charge < -0.3 is 9.84 Å². The van der Waals surface area contributed by atoms with Gasteiger partial charge in [0.25, 0.3) is 0 Å². The van der Waals surface area contributed by atoms with E-state index in [0.717, 1.165) is 44.7 Å². The second-order valence-electron chi connectivity index (χ2n) is 21.1. The summed E-state index contributed by atoms with van der Waals surface area (Å²) >= 11 is 0. The van der Waals surface area contributed by atoms with Crippen molar-refractivity contribution in [3.63, 3.8) is 0 Å². The van der Waals surface area contributed by atoms with Crippen LogP contribution in [-0.2, 0) is 9.53 Å². The summed E-state index contributed by atoms with van der Waals surface area (Å²) in [5.74, 6) is 2.93. The molecule has 10 atom stereocenters. The molecule has 0 bridgehead atoms. The van der Waals surface area contributed by atoms with Crippen molar-refractivity contribution in [2.24, 2.45) is 56.7 Å². The molecule has 0 radical (unpaired) electrons. The van der Waals surface area contributed by atoms with E-state index in [2.05, 4.69) is 139 Å². The Hall–Kier alpha value is -2.74. The third-order valence-electron chi connectivity index (χ3n) is 18.5. The van der Waals surface area contributed by atoms with E-state index in [9.17, 15) is 9.90 Å². The lowest BCUT2D eigenvalue weighted by Crippen LogP contribution is -2.66. The molecular formula is C53H72O3P+. The SMILES string of the molecule is C=C(C)[C@@H]1CC[C@]2(COC(=O)CCCC[P+](c3ccccc3)(c3ccccc3)c3ccccc3)CC[C@]3(C)[C@H](CC[C@@H]4[C@@]5(C)CC[C@H](O)C(C)(C)[C@@H]5CC[C@]43C)[C@@H]12. The predicted octanol–water partition coefficient (Wildman–Crippen LogP) is 11.7. The van der Waals surface area contributed by atoms with Crippen LogP contribution in [0, 0.1) is 56.7 Å². The average molecular weight is 788 g/mol. The quantitative estimate of drug-likeness (QED) is 0.0911. The van der Waals surface area contributed by atoms with Gasteiger partial charge in [-0.3, -0.25) is 4.79 Å². The van der Waals surface area contributed by atoms with Crippen molar-refractivity contribution in [2.75, 3.05) is 12.8 Å². The largest absolute Gasteiger partial charge is 0.465 e. The molecule has 5 aliphatic rings. The summed E-state index contributed by atoms with van der Waals surface area (Å²) < 4.78 is 6.48. The van der Waals surface area contributed by atoms with E-state index in [-0.39, 0.29) is 39.1 Å². The van der Waals surface area contributed by atoms with Gasteiger partial charge in [0.1, 0.15) is 23.2 Å². The van der Waals surface area contributed by atoms with Crippen LogP contribution in [0.25, 0.3) is 0 Å². The molecule has 3 nitrogen and oxygen atoms in total. The number of allylic oxidation sites excluding steroid dienone is 1. The molecule has 5 aliphatic carbocycles. The van der Waals surface area contributed by atoms with Crippen LogP contribution in [0.2, 0.25) is 0 Å². The fraction of sp³-hybridized carbons (Fsp3) is 0.604. The Bertz CT molecular complexity index is 1790. The minimum Gasteiger partial charge on any atom is -0.465 e. The minimum atomic E-state index is -1.91. The highest BCUT2D eigenvalue weighted by Gasteiger charge is 2.71. The van der Waals surface area contributed by atoms with Crippen molar-refractivity contribution in [2.45, 2.75) is 131 Å². The molecule has 0 saturated heterocycles. The first kappa shape index (κ1) is 41.0. The van der Waals surface area contributed by atoms with Crippen molar-refractivity contribution in [3.8, 4) is 0 Å². The second-order valence-corrected chi connectivity index (χ2v) is 24.7. The zero-order valence-electron chi connectivity index (χ0n) is 36.1. The maximum atomic E-state index is 13.8. The van der Waals surface area contributed by atoms with Crippen molar-refractivity contribution in [1.82, 2.24) is 0 Å². The molecule has 5 saturated carbocycles. The zero-order valence-corrected chi connectivity index (χ0v) is 37.0. The normalized spacial score (nSPS) is 36.9. The first-order valence-electron chi connectivity index (χ1n) is 22.8. The summed E-state index contributed by atoms with van der Waals surface area (Å²) in [5, 5.41) is 15.4. The van der Waals surface area contributed by atoms with Crippen molar-refractivity contribution < 1.29 is 14.6 Å². The van der Waals surface area contributed by atoms with E-state index >= 15 is 0 Å². The lowest BCUT2D eigenvalue weighted by Gasteiger charge is -2.73. The van der Waals surface area contributed by atoms with Crippen LogP contribution in [0.15, 0.2) is 103 Å². The molecule has 4 heteroatoms. The molecule has 0 aromatic heterocycles. The molecule has 0 unspecified atom stereocenters. The van der Waals surface area contributed by atoms with Crippen LogP contribution in [0.3, 0.4) is 0 Å². The number of carbonyl (C=O) groups excluding carboxylic acids is 1. The lowest BCUT2D eigenvalue weighted by molar-refractivity contribution is -0.250. The number of esters is 1. The molecule has 57 heavy (non-hydrogen) atoms. The fourth-order valence-electron chi connectivity index (χ4n) is 15.3. The van der Waals surface area contributed by atoms with Crippen LogP contribution >= 0.6 is 7.26 Å². The Morgan fingerprint density at radius 1 is 0.702 bits per heavy atom. The number of rotatable bonds is 11. The van der Waals surface area contributed by atoms with Gasteiger partial charge in [0.05, 0.1) is 18.9 Å². The minimum absolute atomic E-state index is 0.0117. The fourth-order valence-corrected chi connectivity index (χ4v) is 19.7. The predicted molar refractivity (Wildman–Crippen MR) is 240 cm³/mol. The highest BCUT2D eigenvalue weighted by molar-refractivity contribution is 7.95. The third kappa shape index (κ3) is 6.54. The Morgan fingerprint density at radius 3 is 1.88 bits per heavy atom. The highest BCUT2D eigenvalue weighted by Crippen LogP contribution is 2.77. The summed E-state index contributed by atoms with van der Waals surface area (Å²) in [6.07, 6.45) is 15.1.